The Hall–Kier alpha value is -4.51. The van der Waals surface area contributed by atoms with Gasteiger partial charge in [-0.15, -0.1) is 5.10 Å². The van der Waals surface area contributed by atoms with Gasteiger partial charge >= 0.3 is 0 Å². The van der Waals surface area contributed by atoms with E-state index >= 15 is 0 Å². The summed E-state index contributed by atoms with van der Waals surface area (Å²) in [6.07, 6.45) is 4.77. The van der Waals surface area contributed by atoms with Crippen LogP contribution in [0.4, 0.5) is 5.69 Å². The number of methoxy groups -OCH3 is 1. The molecule has 9 nitrogen and oxygen atoms in total. The average molecular weight is 636 g/mol. The van der Waals surface area contributed by atoms with E-state index in [0.29, 0.717) is 42.9 Å². The lowest BCUT2D eigenvalue weighted by atomic mass is 10.2. The molecule has 12 heteroatoms. The summed E-state index contributed by atoms with van der Waals surface area (Å²) in [7, 11) is 1.60. The van der Waals surface area contributed by atoms with Crippen molar-refractivity contribution in [1.29, 1.82) is 0 Å². The minimum atomic E-state index is -0.365. The van der Waals surface area contributed by atoms with Gasteiger partial charge in [0.1, 0.15) is 17.3 Å². The number of nitrogens with one attached hydrogen (secondary N) is 1. The number of anilines is 1. The maximum Gasteiger partial charge on any atom is 0.267 e. The van der Waals surface area contributed by atoms with Crippen LogP contribution in [0, 0.1) is 0 Å². The predicted octanol–water partition coefficient (Wildman–Crippen LogP) is 7.12. The molecule has 1 aromatic heterocycles. The minimum Gasteiger partial charge on any atom is -0.497 e. The van der Waals surface area contributed by atoms with E-state index in [2.05, 4.69) is 15.5 Å². The summed E-state index contributed by atoms with van der Waals surface area (Å²) in [6, 6.07) is 22.5. The molecular weight excluding hydrogens is 611 g/mol. The first-order valence-electron chi connectivity index (χ1n) is 12.8. The van der Waals surface area contributed by atoms with Gasteiger partial charge in [-0.25, -0.2) is 0 Å². The maximum atomic E-state index is 13.5. The van der Waals surface area contributed by atoms with Crippen LogP contribution in [-0.2, 0) is 16.1 Å². The van der Waals surface area contributed by atoms with E-state index in [0.717, 1.165) is 23.1 Å². The normalized spacial score (nSPS) is 15.0. The third-order valence-corrected chi connectivity index (χ3v) is 7.48. The standard InChI is InChI=1S/C31H24Cl2N4O5S/c1-40-25-11-4-20(5-12-25)17-34-36-31-37(18-26-3-2-14-41-26)30(39)28(43-31)16-21-15-23(33)8-13-27(21)42-19-29(38)35-24-9-6-22(32)7-10-24/h2-17H,18-19H2,1H3,(H,35,38)/b28-16-,34-17-,36-31+. The molecule has 1 aliphatic heterocycles. The van der Waals surface area contributed by atoms with Gasteiger partial charge in [-0.05, 0) is 102 Å². The molecule has 3 aromatic carbocycles. The molecule has 0 atom stereocenters. The molecule has 0 aliphatic carbocycles. The fraction of sp³-hybridized carbons (Fsp3) is 0.0968. The van der Waals surface area contributed by atoms with Crippen molar-refractivity contribution >= 4 is 69.9 Å². The summed E-state index contributed by atoms with van der Waals surface area (Å²) in [4.78, 5) is 27.9. The molecule has 0 spiro atoms. The number of hydrogen-bond donors (Lipinski definition) is 1. The largest absolute Gasteiger partial charge is 0.497 e. The third kappa shape index (κ3) is 8.07. The van der Waals surface area contributed by atoms with Crippen molar-refractivity contribution in [3.05, 3.63) is 117 Å². The molecule has 2 heterocycles. The number of nitrogens with zero attached hydrogens (tertiary/aromatic N) is 3. The van der Waals surface area contributed by atoms with E-state index in [4.69, 9.17) is 37.1 Å². The molecule has 218 valence electrons. The zero-order valence-corrected chi connectivity index (χ0v) is 25.0. The number of thioether (sulfide) groups is 1. The molecular formula is C31H24Cl2N4O5S. The summed E-state index contributed by atoms with van der Waals surface area (Å²) in [5.41, 5.74) is 1.92. The van der Waals surface area contributed by atoms with Crippen LogP contribution in [0.1, 0.15) is 16.9 Å². The topological polar surface area (TPSA) is 106 Å². The summed E-state index contributed by atoms with van der Waals surface area (Å²) in [5, 5.41) is 12.6. The fourth-order valence-corrected chi connectivity index (χ4v) is 5.13. The SMILES string of the molecule is COc1ccc(/C=N\N=C2\S/C(=C\c3cc(Cl)ccc3OCC(=O)Nc3ccc(Cl)cc3)C(=O)N2Cc2ccco2)cc1. The number of benzene rings is 3. The molecule has 4 aromatic rings. The van der Waals surface area contributed by atoms with Gasteiger partial charge in [0.2, 0.25) is 0 Å². The van der Waals surface area contributed by atoms with Crippen molar-refractivity contribution in [1.82, 2.24) is 4.90 Å². The maximum absolute atomic E-state index is 13.5. The number of furan rings is 1. The predicted molar refractivity (Wildman–Crippen MR) is 170 cm³/mol. The number of halogens is 2. The number of carbonyl (C=O) groups is 2. The monoisotopic (exact) mass is 634 g/mol. The molecule has 2 amide bonds. The van der Waals surface area contributed by atoms with Gasteiger partial charge < -0.3 is 19.2 Å². The zero-order valence-electron chi connectivity index (χ0n) is 22.7. The highest BCUT2D eigenvalue weighted by atomic mass is 35.5. The van der Waals surface area contributed by atoms with Gasteiger partial charge in [0.25, 0.3) is 11.8 Å². The lowest BCUT2D eigenvalue weighted by Gasteiger charge is -2.13. The van der Waals surface area contributed by atoms with Gasteiger partial charge in [-0.3, -0.25) is 14.5 Å². The van der Waals surface area contributed by atoms with Gasteiger partial charge in [-0.1, -0.05) is 23.2 Å². The molecule has 1 saturated heterocycles. The molecule has 43 heavy (non-hydrogen) atoms. The van der Waals surface area contributed by atoms with Crippen LogP contribution in [0.25, 0.3) is 6.08 Å². The van der Waals surface area contributed by atoms with E-state index in [1.807, 2.05) is 24.3 Å². The van der Waals surface area contributed by atoms with Crippen LogP contribution in [0.15, 0.2) is 105 Å². The number of rotatable bonds is 10. The molecule has 1 fully saturated rings. The molecule has 0 radical (unpaired) electrons. The smallest absolute Gasteiger partial charge is 0.267 e. The first-order valence-corrected chi connectivity index (χ1v) is 14.4. The van der Waals surface area contributed by atoms with Crippen LogP contribution in [0.3, 0.4) is 0 Å². The van der Waals surface area contributed by atoms with Crippen molar-refractivity contribution in [2.24, 2.45) is 10.2 Å². The summed E-state index contributed by atoms with van der Waals surface area (Å²) in [5.74, 6) is 1.02. The van der Waals surface area contributed by atoms with Crippen LogP contribution in [0.5, 0.6) is 11.5 Å². The van der Waals surface area contributed by atoms with Crippen molar-refractivity contribution in [3.63, 3.8) is 0 Å². The second-order valence-corrected chi connectivity index (χ2v) is 10.9. The molecule has 0 unspecified atom stereocenters. The molecule has 0 saturated carbocycles. The quantitative estimate of drug-likeness (QED) is 0.113. The Morgan fingerprint density at radius 2 is 1.81 bits per heavy atom. The zero-order chi connectivity index (χ0) is 30.2. The highest BCUT2D eigenvalue weighted by Gasteiger charge is 2.34. The van der Waals surface area contributed by atoms with E-state index in [1.54, 1.807) is 74.0 Å². The second-order valence-electron chi connectivity index (χ2n) is 9.01. The van der Waals surface area contributed by atoms with E-state index in [1.165, 1.54) is 11.2 Å². The van der Waals surface area contributed by atoms with Gasteiger partial charge in [-0.2, -0.15) is 5.10 Å². The average Bonchev–Trinajstić information content (AvgIpc) is 3.63. The molecule has 0 bridgehead atoms. The van der Waals surface area contributed by atoms with E-state index in [-0.39, 0.29) is 25.0 Å². The Kier molecular flexibility index (Phi) is 9.83. The van der Waals surface area contributed by atoms with Crippen LogP contribution >= 0.6 is 35.0 Å². The van der Waals surface area contributed by atoms with Crippen molar-refractivity contribution in [2.75, 3.05) is 19.0 Å². The highest BCUT2D eigenvalue weighted by Crippen LogP contribution is 2.36. The fourth-order valence-electron chi connectivity index (χ4n) is 3.89. The lowest BCUT2D eigenvalue weighted by molar-refractivity contribution is -0.122. The number of carbonyl (C=O) groups excluding carboxylic acids is 2. The molecule has 5 rings (SSSR count). The Morgan fingerprint density at radius 1 is 1.05 bits per heavy atom. The highest BCUT2D eigenvalue weighted by molar-refractivity contribution is 8.18. The third-order valence-electron chi connectivity index (χ3n) is 5.99. The molecule has 1 N–H and O–H groups in total. The number of ether oxygens (including phenoxy) is 2. The Morgan fingerprint density at radius 3 is 2.53 bits per heavy atom. The number of amides is 2. The minimum absolute atomic E-state index is 0.164. The van der Waals surface area contributed by atoms with Gasteiger partial charge in [0.05, 0.1) is 31.0 Å². The first kappa shape index (κ1) is 30.0. The van der Waals surface area contributed by atoms with Crippen LogP contribution < -0.4 is 14.8 Å². The van der Waals surface area contributed by atoms with Crippen LogP contribution in [-0.4, -0.2) is 41.8 Å². The van der Waals surface area contributed by atoms with Gasteiger partial charge in [0, 0.05) is 21.3 Å². The van der Waals surface area contributed by atoms with Crippen molar-refractivity contribution in [3.8, 4) is 11.5 Å². The first-order chi connectivity index (χ1) is 20.9. The summed E-state index contributed by atoms with van der Waals surface area (Å²) in [6.45, 7) is -0.101. The lowest BCUT2D eigenvalue weighted by Crippen LogP contribution is -2.28. The number of amidine groups is 1. The summed E-state index contributed by atoms with van der Waals surface area (Å²) < 4.78 is 16.5. The molecule has 1 aliphatic rings. The Bertz CT molecular complexity index is 1690. The van der Waals surface area contributed by atoms with Crippen LogP contribution in [0.2, 0.25) is 10.0 Å². The Labute approximate surface area is 261 Å². The second kappa shape index (κ2) is 14.1. The number of hydrogen-bond acceptors (Lipinski definition) is 8. The van der Waals surface area contributed by atoms with E-state index in [9.17, 15) is 9.59 Å². The van der Waals surface area contributed by atoms with Crippen molar-refractivity contribution < 1.29 is 23.5 Å². The van der Waals surface area contributed by atoms with Crippen molar-refractivity contribution in [2.45, 2.75) is 6.54 Å². The Balaban J connectivity index is 1.36. The van der Waals surface area contributed by atoms with E-state index < -0.39 is 0 Å². The summed E-state index contributed by atoms with van der Waals surface area (Å²) >= 11 is 13.3. The van der Waals surface area contributed by atoms with Gasteiger partial charge in [0.15, 0.2) is 11.8 Å².